The van der Waals surface area contributed by atoms with Crippen molar-refractivity contribution in [3.8, 4) is 0 Å². The molecule has 1 aromatic rings. The van der Waals surface area contributed by atoms with Crippen LogP contribution in [0, 0.1) is 0 Å². The van der Waals surface area contributed by atoms with Crippen LogP contribution in [0.25, 0.3) is 6.08 Å². The lowest BCUT2D eigenvalue weighted by molar-refractivity contribution is -0.128. The number of ketones is 1. The molecule has 0 spiro atoms. The van der Waals surface area contributed by atoms with Gasteiger partial charge in [-0.25, -0.2) is 9.98 Å². The van der Waals surface area contributed by atoms with Crippen molar-refractivity contribution in [3.63, 3.8) is 0 Å². The highest BCUT2D eigenvalue weighted by Crippen LogP contribution is 2.27. The second-order valence-corrected chi connectivity index (χ2v) is 6.50. The van der Waals surface area contributed by atoms with Crippen LogP contribution in [0.2, 0.25) is 0 Å². The van der Waals surface area contributed by atoms with E-state index in [1.165, 1.54) is 0 Å². The number of aldehydes is 1. The second-order valence-electron chi connectivity index (χ2n) is 6.50. The van der Waals surface area contributed by atoms with E-state index >= 15 is 0 Å². The van der Waals surface area contributed by atoms with Crippen LogP contribution in [0.4, 0.5) is 0 Å². The van der Waals surface area contributed by atoms with Gasteiger partial charge in [0.1, 0.15) is 11.4 Å². The van der Waals surface area contributed by atoms with Gasteiger partial charge in [-0.2, -0.15) is 0 Å². The molecular weight excluding hydrogens is 340 g/mol. The molecule has 2 aliphatic rings. The molecule has 0 saturated heterocycles. The summed E-state index contributed by atoms with van der Waals surface area (Å²) in [4.78, 5) is 36.8. The van der Waals surface area contributed by atoms with E-state index < -0.39 is 5.78 Å². The third-order valence-electron chi connectivity index (χ3n) is 4.39. The molecular formula is C21H24N4O2. The van der Waals surface area contributed by atoms with Gasteiger partial charge in [-0.3, -0.25) is 9.59 Å². The average Bonchev–Trinajstić information content (AvgIpc) is 3.11. The third kappa shape index (κ3) is 4.05. The Morgan fingerprint density at radius 1 is 1.04 bits per heavy atom. The van der Waals surface area contributed by atoms with Crippen LogP contribution in [0.5, 0.6) is 0 Å². The number of benzene rings is 1. The molecule has 3 rings (SSSR count). The third-order valence-corrected chi connectivity index (χ3v) is 4.39. The molecule has 0 bridgehead atoms. The van der Waals surface area contributed by atoms with Crippen molar-refractivity contribution in [1.82, 2.24) is 9.80 Å². The fraction of sp³-hybridized carbons (Fsp3) is 0.333. The van der Waals surface area contributed by atoms with E-state index in [4.69, 9.17) is 0 Å². The molecule has 0 radical (unpaired) electrons. The molecule has 2 aliphatic heterocycles. The van der Waals surface area contributed by atoms with Crippen molar-refractivity contribution in [2.24, 2.45) is 9.98 Å². The maximum Gasteiger partial charge on any atom is 0.243 e. The summed E-state index contributed by atoms with van der Waals surface area (Å²) >= 11 is 0. The second kappa shape index (κ2) is 8.58. The predicted molar refractivity (Wildman–Crippen MR) is 107 cm³/mol. The standard InChI is InChI=1S/C21H24N4O2/c1-3-12-24-15-25(13-4-2)21-19(20(24)17(27)14-26)22-18(23-21)11-10-16-8-6-5-7-9-16/h5-11,14H,3-4,12-13,15H2,1-2H3. The Balaban J connectivity index is 2.01. The van der Waals surface area contributed by atoms with Gasteiger partial charge < -0.3 is 9.80 Å². The number of Topliss-reactive ketones (excluding diaryl/α,β-unsaturated/α-hetero) is 1. The number of carbonyl (C=O) groups excluding carboxylic acids is 2. The lowest BCUT2D eigenvalue weighted by Gasteiger charge is -2.38. The van der Waals surface area contributed by atoms with Crippen LogP contribution in [-0.2, 0) is 9.59 Å². The van der Waals surface area contributed by atoms with Gasteiger partial charge >= 0.3 is 0 Å². The molecule has 0 unspecified atom stereocenters. The van der Waals surface area contributed by atoms with Crippen LogP contribution in [0.1, 0.15) is 32.3 Å². The first-order valence-corrected chi connectivity index (χ1v) is 9.32. The minimum absolute atomic E-state index is 0.362. The van der Waals surface area contributed by atoms with Crippen molar-refractivity contribution in [2.75, 3.05) is 19.8 Å². The van der Waals surface area contributed by atoms with Gasteiger partial charge in [-0.1, -0.05) is 50.3 Å². The van der Waals surface area contributed by atoms with Crippen LogP contribution < -0.4 is 0 Å². The first-order chi connectivity index (χ1) is 13.2. The Kier molecular flexibility index (Phi) is 5.96. The van der Waals surface area contributed by atoms with E-state index in [0.717, 1.165) is 24.9 Å². The highest BCUT2D eigenvalue weighted by Gasteiger charge is 2.35. The number of allylic oxidation sites excluding steroid dienone is 1. The van der Waals surface area contributed by atoms with Crippen molar-refractivity contribution >= 4 is 29.8 Å². The monoisotopic (exact) mass is 364 g/mol. The van der Waals surface area contributed by atoms with Gasteiger partial charge in [0.15, 0.2) is 18.0 Å². The summed E-state index contributed by atoms with van der Waals surface area (Å²) in [5, 5.41) is 0. The van der Waals surface area contributed by atoms with Crippen molar-refractivity contribution in [3.05, 3.63) is 53.4 Å². The molecule has 6 heteroatoms. The van der Waals surface area contributed by atoms with E-state index in [1.54, 1.807) is 0 Å². The topological polar surface area (TPSA) is 65.3 Å². The van der Waals surface area contributed by atoms with Crippen molar-refractivity contribution in [1.29, 1.82) is 0 Å². The molecule has 0 fully saturated rings. The van der Waals surface area contributed by atoms with Gasteiger partial charge in [0.05, 0.1) is 6.67 Å². The van der Waals surface area contributed by atoms with E-state index in [2.05, 4.69) is 21.8 Å². The van der Waals surface area contributed by atoms with Gasteiger partial charge in [-0.05, 0) is 24.5 Å². The number of carbonyl (C=O) groups is 2. The molecule has 140 valence electrons. The number of hydrogen-bond acceptors (Lipinski definition) is 6. The Morgan fingerprint density at radius 2 is 1.74 bits per heavy atom. The van der Waals surface area contributed by atoms with Crippen LogP contribution in [0.3, 0.4) is 0 Å². The fourth-order valence-corrected chi connectivity index (χ4v) is 3.26. The quantitative estimate of drug-likeness (QED) is 0.525. The normalized spacial score (nSPS) is 16.5. The molecule has 0 saturated carbocycles. The summed E-state index contributed by atoms with van der Waals surface area (Å²) < 4.78 is 0. The number of nitrogens with zero attached hydrogens (tertiary/aromatic N) is 4. The Labute approximate surface area is 159 Å². The molecule has 6 nitrogen and oxygen atoms in total. The van der Waals surface area contributed by atoms with Crippen LogP contribution in [-0.4, -0.2) is 53.3 Å². The summed E-state index contributed by atoms with van der Waals surface area (Å²) in [5.74, 6) is 0.681. The first-order valence-electron chi connectivity index (χ1n) is 9.32. The molecule has 0 N–H and O–H groups in total. The van der Waals surface area contributed by atoms with Crippen molar-refractivity contribution < 1.29 is 9.59 Å². The summed E-state index contributed by atoms with van der Waals surface area (Å²) in [7, 11) is 0. The number of aliphatic imine (C=N–C) groups is 2. The largest absolute Gasteiger partial charge is 0.349 e. The molecule has 27 heavy (non-hydrogen) atoms. The van der Waals surface area contributed by atoms with Crippen LogP contribution >= 0.6 is 0 Å². The van der Waals surface area contributed by atoms with Crippen LogP contribution in [0.15, 0.2) is 57.8 Å². The van der Waals surface area contributed by atoms with E-state index in [1.807, 2.05) is 54.3 Å². The average molecular weight is 364 g/mol. The SMILES string of the molecule is CCCN1CN(CCC)C(C(=O)C=O)=C2N=C(C=Cc3ccccc3)N=C21. The summed E-state index contributed by atoms with van der Waals surface area (Å²) in [5.41, 5.74) is 1.92. The molecule has 2 heterocycles. The van der Waals surface area contributed by atoms with Crippen molar-refractivity contribution in [2.45, 2.75) is 26.7 Å². The highest BCUT2D eigenvalue weighted by molar-refractivity contribution is 6.35. The zero-order valence-electron chi connectivity index (χ0n) is 15.8. The zero-order chi connectivity index (χ0) is 19.2. The predicted octanol–water partition coefficient (Wildman–Crippen LogP) is 2.89. The smallest absolute Gasteiger partial charge is 0.243 e. The van der Waals surface area contributed by atoms with E-state index in [9.17, 15) is 9.59 Å². The Hall–Kier alpha value is -3.02. The number of rotatable bonds is 8. The van der Waals surface area contributed by atoms with Gasteiger partial charge in [0, 0.05) is 13.1 Å². The number of hydrogen-bond donors (Lipinski definition) is 0. The number of fused-ring (bicyclic) bond motifs is 1. The molecule has 0 aromatic heterocycles. The van der Waals surface area contributed by atoms with Gasteiger partial charge in [-0.15, -0.1) is 0 Å². The Bertz CT molecular complexity index is 837. The highest BCUT2D eigenvalue weighted by atomic mass is 16.2. The lowest BCUT2D eigenvalue weighted by Crippen LogP contribution is -2.48. The number of amidine groups is 2. The maximum absolute atomic E-state index is 12.3. The molecule has 0 amide bonds. The first kappa shape index (κ1) is 18.8. The summed E-state index contributed by atoms with van der Waals surface area (Å²) in [6, 6.07) is 9.90. The lowest BCUT2D eigenvalue weighted by atomic mass is 10.1. The Morgan fingerprint density at radius 3 is 2.41 bits per heavy atom. The van der Waals surface area contributed by atoms with E-state index in [0.29, 0.717) is 42.6 Å². The molecule has 0 atom stereocenters. The molecule has 0 aliphatic carbocycles. The van der Waals surface area contributed by atoms with Gasteiger partial charge in [0.25, 0.3) is 0 Å². The summed E-state index contributed by atoms with van der Waals surface area (Å²) in [6.07, 6.45) is 5.98. The zero-order valence-corrected chi connectivity index (χ0v) is 15.8. The van der Waals surface area contributed by atoms with E-state index in [-0.39, 0.29) is 0 Å². The minimum Gasteiger partial charge on any atom is -0.349 e. The molecule has 1 aromatic carbocycles. The van der Waals surface area contributed by atoms with Gasteiger partial charge in [0.2, 0.25) is 5.78 Å². The summed E-state index contributed by atoms with van der Waals surface area (Å²) in [6.45, 7) is 6.21. The maximum atomic E-state index is 12.3. The minimum atomic E-state index is -0.542. The fourth-order valence-electron chi connectivity index (χ4n) is 3.26.